The fraction of sp³-hybridized carbons (Fsp3) is 0.391. The molecule has 2 heterocycles. The fourth-order valence-corrected chi connectivity index (χ4v) is 5.05. The van der Waals surface area contributed by atoms with Gasteiger partial charge in [0, 0.05) is 10.7 Å². The average Bonchev–Trinajstić information content (AvgIpc) is 3.13. The van der Waals surface area contributed by atoms with Crippen LogP contribution in [0.4, 0.5) is 5.69 Å². The van der Waals surface area contributed by atoms with Crippen molar-refractivity contribution in [2.24, 2.45) is 0 Å². The molecule has 1 atom stereocenters. The molecule has 0 spiro atoms. The van der Waals surface area contributed by atoms with E-state index in [9.17, 15) is 14.4 Å². The first kappa shape index (κ1) is 22.5. The average molecular weight is 474 g/mol. The van der Waals surface area contributed by atoms with Crippen molar-refractivity contribution >= 4 is 50.7 Å². The predicted octanol–water partition coefficient (Wildman–Crippen LogP) is 5.11. The molecule has 1 aliphatic rings. The number of ether oxygens (including phenoxy) is 1. The maximum absolute atomic E-state index is 13.2. The van der Waals surface area contributed by atoms with Gasteiger partial charge in [0.25, 0.3) is 5.56 Å². The van der Waals surface area contributed by atoms with Crippen LogP contribution in [0.5, 0.6) is 0 Å². The van der Waals surface area contributed by atoms with E-state index in [0.29, 0.717) is 31.4 Å². The number of benzene rings is 1. The molecule has 1 saturated carbocycles. The van der Waals surface area contributed by atoms with Gasteiger partial charge in [-0.1, -0.05) is 18.0 Å². The van der Waals surface area contributed by atoms with Gasteiger partial charge in [0.1, 0.15) is 21.9 Å². The highest BCUT2D eigenvalue weighted by Gasteiger charge is 2.26. The minimum absolute atomic E-state index is 0.0675. The minimum Gasteiger partial charge on any atom is -0.458 e. The Morgan fingerprint density at radius 2 is 1.91 bits per heavy atom. The lowest BCUT2D eigenvalue weighted by molar-refractivity contribution is -0.118. The van der Waals surface area contributed by atoms with Gasteiger partial charge in [0.2, 0.25) is 5.91 Å². The number of aryl methyl sites for hydroxylation is 1. The van der Waals surface area contributed by atoms with Crippen LogP contribution < -0.4 is 10.9 Å². The van der Waals surface area contributed by atoms with Crippen LogP contribution in [0.15, 0.2) is 35.4 Å². The molecule has 4 rings (SSSR count). The highest BCUT2D eigenvalue weighted by atomic mass is 35.5. The van der Waals surface area contributed by atoms with Crippen LogP contribution >= 0.6 is 22.9 Å². The van der Waals surface area contributed by atoms with Crippen LogP contribution in [0, 0.1) is 6.92 Å². The smallest absolute Gasteiger partial charge is 0.348 e. The van der Waals surface area contributed by atoms with Crippen molar-refractivity contribution in [3.8, 4) is 0 Å². The number of fused-ring (bicyclic) bond motifs is 1. The Bertz CT molecular complexity index is 1210. The molecule has 9 heteroatoms. The molecule has 0 radical (unpaired) electrons. The monoisotopic (exact) mass is 473 g/mol. The van der Waals surface area contributed by atoms with E-state index >= 15 is 0 Å². The van der Waals surface area contributed by atoms with Crippen molar-refractivity contribution < 1.29 is 14.3 Å². The Morgan fingerprint density at radius 3 is 2.59 bits per heavy atom. The number of hydrogen-bond donors (Lipinski definition) is 1. The third-order valence-corrected chi connectivity index (χ3v) is 7.23. The number of anilines is 1. The molecule has 0 saturated heterocycles. The lowest BCUT2D eigenvalue weighted by atomic mass is 9.98. The maximum atomic E-state index is 13.2. The second-order valence-electron chi connectivity index (χ2n) is 8.03. The summed E-state index contributed by atoms with van der Waals surface area (Å²) in [5.41, 5.74) is 0.759. The Labute approximate surface area is 194 Å². The van der Waals surface area contributed by atoms with Gasteiger partial charge < -0.3 is 10.1 Å². The van der Waals surface area contributed by atoms with E-state index < -0.39 is 12.0 Å². The third-order valence-electron chi connectivity index (χ3n) is 5.80. The molecule has 3 aromatic rings. The number of nitrogens with one attached hydrogen (secondary N) is 1. The van der Waals surface area contributed by atoms with E-state index in [-0.39, 0.29) is 17.6 Å². The largest absolute Gasteiger partial charge is 0.458 e. The molecule has 1 aliphatic carbocycles. The van der Waals surface area contributed by atoms with Gasteiger partial charge in [-0.25, -0.2) is 9.78 Å². The van der Waals surface area contributed by atoms with Gasteiger partial charge in [-0.05, 0) is 69.4 Å². The highest BCUT2D eigenvalue weighted by molar-refractivity contribution is 7.20. The van der Waals surface area contributed by atoms with Crippen LogP contribution in [-0.4, -0.2) is 27.5 Å². The number of halogens is 1. The first-order valence-corrected chi connectivity index (χ1v) is 11.8. The van der Waals surface area contributed by atoms with Crippen molar-refractivity contribution in [3.05, 3.63) is 56.4 Å². The Balaban J connectivity index is 1.58. The first-order chi connectivity index (χ1) is 15.3. The lowest BCUT2D eigenvalue weighted by Crippen LogP contribution is -2.31. The van der Waals surface area contributed by atoms with E-state index in [4.69, 9.17) is 16.3 Å². The number of esters is 1. The van der Waals surface area contributed by atoms with Crippen LogP contribution in [0.1, 0.15) is 60.3 Å². The van der Waals surface area contributed by atoms with Crippen molar-refractivity contribution in [3.63, 3.8) is 0 Å². The summed E-state index contributed by atoms with van der Waals surface area (Å²) in [4.78, 5) is 43.9. The third kappa shape index (κ3) is 4.56. The summed E-state index contributed by atoms with van der Waals surface area (Å²) in [5.74, 6) is -0.766. The summed E-state index contributed by atoms with van der Waals surface area (Å²) in [7, 11) is 0. The van der Waals surface area contributed by atoms with Crippen molar-refractivity contribution in [1.82, 2.24) is 9.55 Å². The van der Waals surface area contributed by atoms with E-state index in [1.54, 1.807) is 38.1 Å². The second-order valence-corrected chi connectivity index (χ2v) is 9.47. The molecule has 32 heavy (non-hydrogen) atoms. The highest BCUT2D eigenvalue weighted by Crippen LogP contribution is 2.30. The molecule has 168 valence electrons. The molecule has 0 aliphatic heterocycles. The van der Waals surface area contributed by atoms with E-state index in [1.165, 1.54) is 17.3 Å². The van der Waals surface area contributed by atoms with Gasteiger partial charge in [0.05, 0.1) is 11.7 Å². The molecule has 1 amide bonds. The van der Waals surface area contributed by atoms with E-state index in [2.05, 4.69) is 10.3 Å². The molecule has 1 fully saturated rings. The molecular weight excluding hydrogens is 450 g/mol. The van der Waals surface area contributed by atoms with Gasteiger partial charge >= 0.3 is 5.97 Å². The molecular formula is C23H24ClN3O4S. The standard InChI is InChI=1S/C23H24ClN3O4S/c1-13-18-21(32-19(13)23(30)31-17-6-4-3-5-7-17)25-12-27(22(18)29)14(2)20(28)26-16-10-8-15(24)9-11-16/h8-12,14,17H,3-7H2,1-2H3,(H,26,28). The molecule has 1 N–H and O–H groups in total. The van der Waals surface area contributed by atoms with Gasteiger partial charge in [-0.15, -0.1) is 11.3 Å². The quantitative estimate of drug-likeness (QED) is 0.520. The summed E-state index contributed by atoms with van der Waals surface area (Å²) in [5, 5.41) is 3.68. The fourth-order valence-electron chi connectivity index (χ4n) is 3.90. The van der Waals surface area contributed by atoms with Crippen LogP contribution in [0.3, 0.4) is 0 Å². The van der Waals surface area contributed by atoms with Crippen molar-refractivity contribution in [2.75, 3.05) is 5.32 Å². The number of thiophene rings is 1. The van der Waals surface area contributed by atoms with Crippen LogP contribution in [-0.2, 0) is 9.53 Å². The van der Waals surface area contributed by atoms with Crippen molar-refractivity contribution in [2.45, 2.75) is 58.1 Å². The van der Waals surface area contributed by atoms with Crippen molar-refractivity contribution in [1.29, 1.82) is 0 Å². The molecule has 1 unspecified atom stereocenters. The summed E-state index contributed by atoms with van der Waals surface area (Å²) in [6, 6.07) is 5.91. The number of carbonyl (C=O) groups excluding carboxylic acids is 2. The lowest BCUT2D eigenvalue weighted by Gasteiger charge is -2.21. The molecule has 2 aromatic heterocycles. The zero-order valence-corrected chi connectivity index (χ0v) is 19.5. The second kappa shape index (κ2) is 9.42. The Hall–Kier alpha value is -2.71. The van der Waals surface area contributed by atoms with Crippen LogP contribution in [0.2, 0.25) is 5.02 Å². The van der Waals surface area contributed by atoms with Crippen LogP contribution in [0.25, 0.3) is 10.2 Å². The van der Waals surface area contributed by atoms with E-state index in [1.807, 2.05) is 0 Å². The van der Waals surface area contributed by atoms with Gasteiger partial charge in [-0.3, -0.25) is 14.2 Å². The number of hydrogen-bond acceptors (Lipinski definition) is 6. The minimum atomic E-state index is -0.799. The number of aromatic nitrogens is 2. The zero-order chi connectivity index (χ0) is 22.8. The van der Waals surface area contributed by atoms with Gasteiger partial charge in [-0.2, -0.15) is 0 Å². The first-order valence-electron chi connectivity index (χ1n) is 10.6. The van der Waals surface area contributed by atoms with Gasteiger partial charge in [0.15, 0.2) is 0 Å². The number of carbonyl (C=O) groups is 2. The summed E-state index contributed by atoms with van der Waals surface area (Å²) >= 11 is 7.03. The molecule has 0 bridgehead atoms. The topological polar surface area (TPSA) is 90.3 Å². The van der Waals surface area contributed by atoms with E-state index in [0.717, 1.165) is 37.0 Å². The summed E-state index contributed by atoms with van der Waals surface area (Å²) < 4.78 is 6.96. The number of amides is 1. The maximum Gasteiger partial charge on any atom is 0.348 e. The number of rotatable bonds is 5. The summed E-state index contributed by atoms with van der Waals surface area (Å²) in [6.07, 6.45) is 6.33. The molecule has 7 nitrogen and oxygen atoms in total. The number of nitrogens with zero attached hydrogens (tertiary/aromatic N) is 2. The SMILES string of the molecule is Cc1c(C(=O)OC2CCCCC2)sc2ncn(C(C)C(=O)Nc3ccc(Cl)cc3)c(=O)c12. The normalized spacial score (nSPS) is 15.5. The molecule has 1 aromatic carbocycles. The summed E-state index contributed by atoms with van der Waals surface area (Å²) in [6.45, 7) is 3.35. The Morgan fingerprint density at radius 1 is 1.22 bits per heavy atom. The Kier molecular flexibility index (Phi) is 6.62. The predicted molar refractivity (Wildman–Crippen MR) is 126 cm³/mol. The zero-order valence-electron chi connectivity index (χ0n) is 17.9.